The highest BCUT2D eigenvalue weighted by molar-refractivity contribution is 9.10. The molecular weight excluding hydrogens is 496 g/mol. The van der Waals surface area contributed by atoms with Crippen molar-refractivity contribution in [2.75, 3.05) is 25.1 Å². The summed E-state index contributed by atoms with van der Waals surface area (Å²) in [7, 11) is 0. The number of thioether (sulfide) groups is 1. The molecule has 0 aliphatic carbocycles. The molecular formula is C23H23BrN2O5S. The molecule has 1 fully saturated rings. The van der Waals surface area contributed by atoms with E-state index in [2.05, 4.69) is 21.2 Å². The summed E-state index contributed by atoms with van der Waals surface area (Å²) in [4.78, 5) is 38.7. The van der Waals surface area contributed by atoms with Crippen LogP contribution in [-0.4, -0.2) is 41.7 Å². The second-order valence-electron chi connectivity index (χ2n) is 6.78. The Morgan fingerprint density at radius 1 is 1.12 bits per heavy atom. The predicted molar refractivity (Wildman–Crippen MR) is 129 cm³/mol. The maximum atomic E-state index is 12.8. The number of carbonyl (C=O) groups excluding carboxylic acids is 3. The molecule has 32 heavy (non-hydrogen) atoms. The Morgan fingerprint density at radius 2 is 1.91 bits per heavy atom. The predicted octanol–water partition coefficient (Wildman–Crippen LogP) is 5.31. The molecule has 1 saturated heterocycles. The fourth-order valence-corrected chi connectivity index (χ4v) is 4.12. The van der Waals surface area contributed by atoms with Gasteiger partial charge in [0.05, 0.1) is 23.8 Å². The van der Waals surface area contributed by atoms with Crippen molar-refractivity contribution in [3.63, 3.8) is 0 Å². The Kier molecular flexibility index (Phi) is 8.35. The van der Waals surface area contributed by atoms with Crippen molar-refractivity contribution in [3.8, 4) is 11.5 Å². The smallest absolute Gasteiger partial charge is 0.294 e. The van der Waals surface area contributed by atoms with Crippen molar-refractivity contribution in [1.82, 2.24) is 4.90 Å². The van der Waals surface area contributed by atoms with Crippen molar-refractivity contribution >= 4 is 56.5 Å². The van der Waals surface area contributed by atoms with Crippen LogP contribution in [0.25, 0.3) is 6.08 Å². The van der Waals surface area contributed by atoms with Crippen LogP contribution in [0.5, 0.6) is 11.5 Å². The van der Waals surface area contributed by atoms with Gasteiger partial charge >= 0.3 is 0 Å². The van der Waals surface area contributed by atoms with Crippen LogP contribution in [0.15, 0.2) is 51.8 Å². The van der Waals surface area contributed by atoms with Crippen LogP contribution < -0.4 is 14.8 Å². The fraction of sp³-hybridized carbons (Fsp3) is 0.261. The van der Waals surface area contributed by atoms with Crippen molar-refractivity contribution in [2.24, 2.45) is 0 Å². The van der Waals surface area contributed by atoms with E-state index in [0.29, 0.717) is 40.4 Å². The van der Waals surface area contributed by atoms with Crippen LogP contribution in [0, 0.1) is 0 Å². The number of hydrogen-bond donors (Lipinski definition) is 1. The third-order valence-corrected chi connectivity index (χ3v) is 5.95. The van der Waals surface area contributed by atoms with Crippen LogP contribution in [0.4, 0.5) is 10.5 Å². The minimum atomic E-state index is -0.508. The van der Waals surface area contributed by atoms with Gasteiger partial charge in [-0.2, -0.15) is 0 Å². The standard InChI is InChI=1S/C23H23BrN2O5S/c1-3-11-31-18-10-9-15(12-19(18)30-4-2)13-20-22(28)26(23(29)32-20)14-21(27)25-17-8-6-5-7-16(17)24/h5-10,12-13H,3-4,11,14H2,1-2H3,(H,25,27)/b20-13-. The molecule has 3 rings (SSSR count). The lowest BCUT2D eigenvalue weighted by Gasteiger charge is -2.13. The van der Waals surface area contributed by atoms with Crippen LogP contribution in [0.1, 0.15) is 25.8 Å². The number of anilines is 1. The lowest BCUT2D eigenvalue weighted by atomic mass is 10.2. The normalized spacial score (nSPS) is 14.7. The topological polar surface area (TPSA) is 84.9 Å². The number of nitrogens with one attached hydrogen (secondary N) is 1. The zero-order valence-electron chi connectivity index (χ0n) is 17.7. The summed E-state index contributed by atoms with van der Waals surface area (Å²) in [5, 5.41) is 2.21. The van der Waals surface area contributed by atoms with Crippen molar-refractivity contribution in [2.45, 2.75) is 20.3 Å². The van der Waals surface area contributed by atoms with E-state index in [9.17, 15) is 14.4 Å². The maximum absolute atomic E-state index is 12.8. The van der Waals surface area contributed by atoms with E-state index in [1.165, 1.54) is 0 Å². The summed E-state index contributed by atoms with van der Waals surface area (Å²) in [6.07, 6.45) is 2.48. The van der Waals surface area contributed by atoms with Gasteiger partial charge in [0.15, 0.2) is 11.5 Å². The van der Waals surface area contributed by atoms with Gasteiger partial charge in [-0.15, -0.1) is 0 Å². The lowest BCUT2D eigenvalue weighted by Crippen LogP contribution is -2.36. The van der Waals surface area contributed by atoms with Gasteiger partial charge in [-0.05, 0) is 76.9 Å². The first-order chi connectivity index (χ1) is 15.4. The summed E-state index contributed by atoms with van der Waals surface area (Å²) >= 11 is 4.15. The molecule has 2 aromatic rings. The Hall–Kier alpha value is -2.78. The van der Waals surface area contributed by atoms with E-state index in [4.69, 9.17) is 9.47 Å². The van der Waals surface area contributed by atoms with E-state index >= 15 is 0 Å². The highest BCUT2D eigenvalue weighted by atomic mass is 79.9. The van der Waals surface area contributed by atoms with Gasteiger partial charge in [-0.25, -0.2) is 0 Å². The number of hydrogen-bond acceptors (Lipinski definition) is 6. The molecule has 7 nitrogen and oxygen atoms in total. The SMILES string of the molecule is CCCOc1ccc(/C=C2\SC(=O)N(CC(=O)Nc3ccccc3Br)C2=O)cc1OCC. The van der Waals surface area contributed by atoms with E-state index in [1.54, 1.807) is 42.5 Å². The number of benzene rings is 2. The largest absolute Gasteiger partial charge is 0.490 e. The first kappa shape index (κ1) is 23.9. The average Bonchev–Trinajstić information content (AvgIpc) is 3.02. The average molecular weight is 519 g/mol. The monoisotopic (exact) mass is 518 g/mol. The van der Waals surface area contributed by atoms with Crippen LogP contribution in [0.3, 0.4) is 0 Å². The van der Waals surface area contributed by atoms with Crippen LogP contribution in [-0.2, 0) is 9.59 Å². The molecule has 0 aromatic heterocycles. The zero-order valence-corrected chi connectivity index (χ0v) is 20.1. The molecule has 168 valence electrons. The molecule has 1 N–H and O–H groups in total. The van der Waals surface area contributed by atoms with Gasteiger partial charge in [-0.3, -0.25) is 19.3 Å². The van der Waals surface area contributed by atoms with Gasteiger partial charge in [0.25, 0.3) is 11.1 Å². The van der Waals surface area contributed by atoms with E-state index in [-0.39, 0.29) is 11.4 Å². The van der Waals surface area contributed by atoms with Gasteiger partial charge in [-0.1, -0.05) is 25.1 Å². The number of rotatable bonds is 9. The highest BCUT2D eigenvalue weighted by Gasteiger charge is 2.36. The fourth-order valence-electron chi connectivity index (χ4n) is 2.90. The molecule has 9 heteroatoms. The van der Waals surface area contributed by atoms with E-state index < -0.39 is 17.1 Å². The third-order valence-electron chi connectivity index (χ3n) is 4.35. The summed E-state index contributed by atoms with van der Waals surface area (Å²) in [5.74, 6) is 0.229. The van der Waals surface area contributed by atoms with Crippen molar-refractivity contribution < 1.29 is 23.9 Å². The molecule has 0 bridgehead atoms. The molecule has 3 amide bonds. The number of imide groups is 1. The highest BCUT2D eigenvalue weighted by Crippen LogP contribution is 2.34. The molecule has 1 aliphatic heterocycles. The maximum Gasteiger partial charge on any atom is 0.294 e. The number of halogens is 1. The molecule has 0 atom stereocenters. The Balaban J connectivity index is 1.72. The molecule has 0 spiro atoms. The van der Waals surface area contributed by atoms with Gasteiger partial charge in [0.1, 0.15) is 6.54 Å². The summed E-state index contributed by atoms with van der Waals surface area (Å²) < 4.78 is 12.0. The summed E-state index contributed by atoms with van der Waals surface area (Å²) in [6.45, 7) is 4.57. The number of amides is 3. The first-order valence-corrected chi connectivity index (χ1v) is 11.7. The Bertz CT molecular complexity index is 1060. The van der Waals surface area contributed by atoms with E-state index in [1.807, 2.05) is 19.9 Å². The minimum Gasteiger partial charge on any atom is -0.490 e. The number of para-hydroxylation sites is 1. The Labute approximate surface area is 199 Å². The second kappa shape index (κ2) is 11.2. The molecule has 1 aliphatic rings. The number of carbonyl (C=O) groups is 3. The molecule has 0 unspecified atom stereocenters. The molecule has 2 aromatic carbocycles. The summed E-state index contributed by atoms with van der Waals surface area (Å²) in [5.41, 5.74) is 1.26. The second-order valence-corrected chi connectivity index (χ2v) is 8.63. The Morgan fingerprint density at radius 3 is 2.62 bits per heavy atom. The summed E-state index contributed by atoms with van der Waals surface area (Å²) in [6, 6.07) is 12.4. The molecule has 0 radical (unpaired) electrons. The van der Waals surface area contributed by atoms with Gasteiger partial charge in [0.2, 0.25) is 5.91 Å². The minimum absolute atomic E-state index is 0.244. The molecule has 0 saturated carbocycles. The van der Waals surface area contributed by atoms with Crippen LogP contribution >= 0.6 is 27.7 Å². The van der Waals surface area contributed by atoms with Crippen molar-refractivity contribution in [1.29, 1.82) is 0 Å². The lowest BCUT2D eigenvalue weighted by molar-refractivity contribution is -0.127. The van der Waals surface area contributed by atoms with Gasteiger partial charge < -0.3 is 14.8 Å². The number of nitrogens with zero attached hydrogens (tertiary/aromatic N) is 1. The van der Waals surface area contributed by atoms with E-state index in [0.717, 1.165) is 23.1 Å². The van der Waals surface area contributed by atoms with Crippen molar-refractivity contribution in [3.05, 3.63) is 57.4 Å². The zero-order chi connectivity index (χ0) is 23.1. The third kappa shape index (κ3) is 5.92. The quantitative estimate of drug-likeness (QED) is 0.452. The molecule has 1 heterocycles. The number of ether oxygens (including phenoxy) is 2. The van der Waals surface area contributed by atoms with Gasteiger partial charge in [0, 0.05) is 4.47 Å². The first-order valence-electron chi connectivity index (χ1n) is 10.1. The van der Waals surface area contributed by atoms with Crippen LogP contribution in [0.2, 0.25) is 0 Å².